The topological polar surface area (TPSA) is 105 Å². The fourth-order valence-electron chi connectivity index (χ4n) is 2.65. The number of urea groups is 1. The largest absolute Gasteiger partial charge is 0.479 e. The summed E-state index contributed by atoms with van der Waals surface area (Å²) in [7, 11) is 1.35. The van der Waals surface area contributed by atoms with Gasteiger partial charge >= 0.3 is 18.0 Å². The minimum Gasteiger partial charge on any atom is -0.479 e. The molecule has 8 heteroatoms. The molecule has 118 valence electrons. The highest BCUT2D eigenvalue weighted by atomic mass is 16.5. The molecule has 0 aromatic carbocycles. The van der Waals surface area contributed by atoms with Gasteiger partial charge in [-0.2, -0.15) is 0 Å². The summed E-state index contributed by atoms with van der Waals surface area (Å²) in [6.07, 6.45) is 1.31. The van der Waals surface area contributed by atoms with Gasteiger partial charge in [0, 0.05) is 26.1 Å². The second-order valence-electron chi connectivity index (χ2n) is 5.40. The average Bonchev–Trinajstić information content (AvgIpc) is 2.96. The maximum atomic E-state index is 12.2. The molecule has 2 aliphatic heterocycles. The SMILES string of the molecule is COC(=O)C1CCN(C(=O)NC2(C(=O)O)CCOC2)CC1. The maximum absolute atomic E-state index is 12.2. The van der Waals surface area contributed by atoms with Crippen molar-refractivity contribution in [3.63, 3.8) is 0 Å². The number of carboxylic acids is 1. The predicted molar refractivity (Wildman–Crippen MR) is 70.6 cm³/mol. The third-order valence-electron chi connectivity index (χ3n) is 4.09. The second kappa shape index (κ2) is 6.30. The summed E-state index contributed by atoms with van der Waals surface area (Å²) in [5.74, 6) is -1.54. The normalized spacial score (nSPS) is 26.4. The number of carboxylic acid groups (broad SMARTS) is 1. The van der Waals surface area contributed by atoms with E-state index in [1.807, 2.05) is 0 Å². The van der Waals surface area contributed by atoms with Crippen molar-refractivity contribution in [1.82, 2.24) is 10.2 Å². The molecule has 2 heterocycles. The van der Waals surface area contributed by atoms with Gasteiger partial charge in [-0.05, 0) is 12.8 Å². The van der Waals surface area contributed by atoms with E-state index in [-0.39, 0.29) is 24.9 Å². The lowest BCUT2D eigenvalue weighted by Gasteiger charge is -2.33. The monoisotopic (exact) mass is 300 g/mol. The van der Waals surface area contributed by atoms with Crippen LogP contribution in [0.2, 0.25) is 0 Å². The quantitative estimate of drug-likeness (QED) is 0.701. The van der Waals surface area contributed by atoms with Gasteiger partial charge in [0.2, 0.25) is 0 Å². The number of piperidine rings is 1. The van der Waals surface area contributed by atoms with E-state index in [4.69, 9.17) is 4.74 Å². The highest BCUT2D eigenvalue weighted by Gasteiger charge is 2.45. The Morgan fingerprint density at radius 2 is 2.00 bits per heavy atom. The van der Waals surface area contributed by atoms with Gasteiger partial charge in [0.1, 0.15) is 0 Å². The van der Waals surface area contributed by atoms with Gasteiger partial charge in [-0.25, -0.2) is 9.59 Å². The Balaban J connectivity index is 1.90. The fourth-order valence-corrected chi connectivity index (χ4v) is 2.65. The van der Waals surface area contributed by atoms with Crippen LogP contribution in [0.25, 0.3) is 0 Å². The molecular weight excluding hydrogens is 280 g/mol. The number of carbonyl (C=O) groups is 3. The molecule has 2 rings (SSSR count). The van der Waals surface area contributed by atoms with E-state index in [2.05, 4.69) is 10.1 Å². The average molecular weight is 300 g/mol. The molecule has 0 spiro atoms. The number of amides is 2. The molecule has 0 aromatic heterocycles. The van der Waals surface area contributed by atoms with Crippen molar-refractivity contribution in [2.24, 2.45) is 5.92 Å². The molecule has 21 heavy (non-hydrogen) atoms. The van der Waals surface area contributed by atoms with Crippen LogP contribution >= 0.6 is 0 Å². The predicted octanol–water partition coefficient (Wildman–Crippen LogP) is -0.175. The summed E-state index contributed by atoms with van der Waals surface area (Å²) in [4.78, 5) is 36.5. The molecule has 0 aliphatic carbocycles. The van der Waals surface area contributed by atoms with E-state index < -0.39 is 17.5 Å². The van der Waals surface area contributed by atoms with Gasteiger partial charge in [0.25, 0.3) is 0 Å². The third kappa shape index (κ3) is 3.26. The number of nitrogens with one attached hydrogen (secondary N) is 1. The number of carbonyl (C=O) groups excluding carboxylic acids is 2. The molecular formula is C13H20N2O6. The number of nitrogens with zero attached hydrogens (tertiary/aromatic N) is 1. The van der Waals surface area contributed by atoms with E-state index in [1.54, 1.807) is 0 Å². The Morgan fingerprint density at radius 1 is 1.33 bits per heavy atom. The first-order valence-electron chi connectivity index (χ1n) is 6.94. The number of esters is 1. The van der Waals surface area contributed by atoms with Crippen molar-refractivity contribution in [3.8, 4) is 0 Å². The van der Waals surface area contributed by atoms with E-state index in [9.17, 15) is 19.5 Å². The lowest BCUT2D eigenvalue weighted by Crippen LogP contribution is -2.59. The van der Waals surface area contributed by atoms with Crippen LogP contribution in [0.4, 0.5) is 4.79 Å². The zero-order valence-corrected chi connectivity index (χ0v) is 12.0. The van der Waals surface area contributed by atoms with Crippen LogP contribution in [0.15, 0.2) is 0 Å². The Morgan fingerprint density at radius 3 is 2.48 bits per heavy atom. The molecule has 2 aliphatic rings. The van der Waals surface area contributed by atoms with Crippen LogP contribution in [0, 0.1) is 5.92 Å². The van der Waals surface area contributed by atoms with Crippen molar-refractivity contribution in [2.75, 3.05) is 33.4 Å². The summed E-state index contributed by atoms with van der Waals surface area (Å²) in [5, 5.41) is 11.8. The van der Waals surface area contributed by atoms with Gasteiger partial charge in [0.05, 0.1) is 19.6 Å². The van der Waals surface area contributed by atoms with E-state index >= 15 is 0 Å². The smallest absolute Gasteiger partial charge is 0.332 e. The van der Waals surface area contributed by atoms with Crippen molar-refractivity contribution in [1.29, 1.82) is 0 Å². The molecule has 2 N–H and O–H groups in total. The Labute approximate surface area is 122 Å². The van der Waals surface area contributed by atoms with Crippen LogP contribution in [0.3, 0.4) is 0 Å². The number of likely N-dealkylation sites (tertiary alicyclic amines) is 1. The molecule has 2 amide bonds. The van der Waals surface area contributed by atoms with Gasteiger partial charge in [0.15, 0.2) is 5.54 Å². The molecule has 0 saturated carbocycles. The first-order valence-corrected chi connectivity index (χ1v) is 6.94. The Bertz CT molecular complexity index is 424. The lowest BCUT2D eigenvalue weighted by atomic mass is 9.96. The second-order valence-corrected chi connectivity index (χ2v) is 5.40. The molecule has 2 fully saturated rings. The summed E-state index contributed by atoms with van der Waals surface area (Å²) in [5.41, 5.74) is -1.34. The van der Waals surface area contributed by atoms with Gasteiger partial charge in [-0.1, -0.05) is 0 Å². The number of methoxy groups -OCH3 is 1. The number of rotatable bonds is 3. The van der Waals surface area contributed by atoms with Crippen LogP contribution in [-0.2, 0) is 19.1 Å². The summed E-state index contributed by atoms with van der Waals surface area (Å²) in [6.45, 7) is 1.11. The molecule has 1 atom stereocenters. The van der Waals surface area contributed by atoms with E-state index in [0.717, 1.165) is 0 Å². The summed E-state index contributed by atoms with van der Waals surface area (Å²) < 4.78 is 9.79. The molecule has 0 bridgehead atoms. The highest BCUT2D eigenvalue weighted by Crippen LogP contribution is 2.22. The van der Waals surface area contributed by atoms with E-state index in [0.29, 0.717) is 32.5 Å². The minimum atomic E-state index is -1.34. The van der Waals surface area contributed by atoms with Crippen molar-refractivity contribution >= 4 is 18.0 Å². The highest BCUT2D eigenvalue weighted by molar-refractivity contribution is 5.87. The van der Waals surface area contributed by atoms with Crippen molar-refractivity contribution in [2.45, 2.75) is 24.8 Å². The molecule has 0 radical (unpaired) electrons. The van der Waals surface area contributed by atoms with Crippen LogP contribution in [-0.4, -0.2) is 66.9 Å². The third-order valence-corrected chi connectivity index (χ3v) is 4.09. The van der Waals surface area contributed by atoms with Crippen molar-refractivity contribution < 1.29 is 29.0 Å². The first kappa shape index (κ1) is 15.6. The van der Waals surface area contributed by atoms with Crippen LogP contribution in [0.1, 0.15) is 19.3 Å². The number of aliphatic carboxylic acids is 1. The fraction of sp³-hybridized carbons (Fsp3) is 0.769. The Hall–Kier alpha value is -1.83. The van der Waals surface area contributed by atoms with Crippen molar-refractivity contribution in [3.05, 3.63) is 0 Å². The molecule has 8 nitrogen and oxygen atoms in total. The molecule has 1 unspecified atom stereocenters. The van der Waals surface area contributed by atoms with Gasteiger partial charge in [-0.3, -0.25) is 4.79 Å². The Kier molecular flexibility index (Phi) is 4.66. The maximum Gasteiger partial charge on any atom is 0.332 e. The lowest BCUT2D eigenvalue weighted by molar-refractivity contribution is -0.146. The summed E-state index contributed by atoms with van der Waals surface area (Å²) in [6, 6.07) is -0.425. The first-order chi connectivity index (χ1) is 9.98. The van der Waals surface area contributed by atoms with Crippen LogP contribution in [0.5, 0.6) is 0 Å². The number of hydrogen-bond acceptors (Lipinski definition) is 5. The van der Waals surface area contributed by atoms with Crippen LogP contribution < -0.4 is 5.32 Å². The standard InChI is InChI=1S/C13H20N2O6/c1-20-10(16)9-2-5-15(6-3-9)12(19)14-13(11(17)18)4-7-21-8-13/h9H,2-8H2,1H3,(H,14,19)(H,17,18). The number of ether oxygens (including phenoxy) is 2. The van der Waals surface area contributed by atoms with Gasteiger partial charge in [-0.15, -0.1) is 0 Å². The molecule has 0 aromatic rings. The molecule has 2 saturated heterocycles. The zero-order valence-electron chi connectivity index (χ0n) is 12.0. The van der Waals surface area contributed by atoms with Gasteiger partial charge < -0.3 is 24.8 Å². The minimum absolute atomic E-state index is 0.0211. The summed E-state index contributed by atoms with van der Waals surface area (Å²) >= 11 is 0. The van der Waals surface area contributed by atoms with E-state index in [1.165, 1.54) is 12.0 Å². The number of hydrogen-bond donors (Lipinski definition) is 2. The zero-order chi connectivity index (χ0) is 15.5.